The van der Waals surface area contributed by atoms with Crippen LogP contribution in [0.2, 0.25) is 0 Å². The molecule has 80 valence electrons. The number of morpholine rings is 1. The molecule has 0 spiro atoms. The van der Waals surface area contributed by atoms with E-state index in [9.17, 15) is 4.79 Å². The molecule has 1 aliphatic carbocycles. The molecule has 0 aromatic heterocycles. The third-order valence-electron chi connectivity index (χ3n) is 3.39. The summed E-state index contributed by atoms with van der Waals surface area (Å²) in [6.07, 6.45) is 5.35. The summed E-state index contributed by atoms with van der Waals surface area (Å²) in [6, 6.07) is 0. The Morgan fingerprint density at radius 2 is 2.00 bits per heavy atom. The maximum absolute atomic E-state index is 11.2. The van der Waals surface area contributed by atoms with E-state index >= 15 is 0 Å². The average Bonchev–Trinajstić information content (AvgIpc) is 2.54. The molecule has 3 heteroatoms. The molecule has 1 N–H and O–H groups in total. The van der Waals surface area contributed by atoms with Crippen LogP contribution < -0.4 is 5.32 Å². The normalized spacial score (nSPS) is 33.0. The zero-order valence-electron chi connectivity index (χ0n) is 9.01. The van der Waals surface area contributed by atoms with Crippen LogP contribution in [0, 0.1) is 5.92 Å². The number of rotatable bonds is 1. The van der Waals surface area contributed by atoms with Gasteiger partial charge in [-0.1, -0.05) is 12.8 Å². The summed E-state index contributed by atoms with van der Waals surface area (Å²) in [7, 11) is 0. The molecule has 0 aromatic rings. The van der Waals surface area contributed by atoms with Crippen LogP contribution in [0.5, 0.6) is 0 Å². The second-order valence-electron chi connectivity index (χ2n) is 5.05. The number of carbonyl (C=O) groups is 1. The summed E-state index contributed by atoms with van der Waals surface area (Å²) in [6.45, 7) is 4.37. The lowest BCUT2D eigenvalue weighted by Gasteiger charge is -2.42. The van der Waals surface area contributed by atoms with Gasteiger partial charge >= 0.3 is 0 Å². The summed E-state index contributed by atoms with van der Waals surface area (Å²) in [5, 5.41) is 3.02. The van der Waals surface area contributed by atoms with Crippen LogP contribution >= 0.6 is 0 Å². The molecule has 2 fully saturated rings. The van der Waals surface area contributed by atoms with Crippen molar-refractivity contribution in [2.24, 2.45) is 5.92 Å². The average molecular weight is 197 g/mol. The van der Waals surface area contributed by atoms with Gasteiger partial charge in [0, 0.05) is 0 Å². The van der Waals surface area contributed by atoms with Crippen LogP contribution in [-0.4, -0.2) is 24.2 Å². The van der Waals surface area contributed by atoms with Gasteiger partial charge in [-0.05, 0) is 32.6 Å². The van der Waals surface area contributed by atoms with Gasteiger partial charge in [-0.3, -0.25) is 4.79 Å². The lowest BCUT2D eigenvalue weighted by atomic mass is 9.84. The number of ether oxygens (including phenoxy) is 1. The number of hydrogen-bond acceptors (Lipinski definition) is 2. The van der Waals surface area contributed by atoms with Crippen LogP contribution in [-0.2, 0) is 9.53 Å². The predicted molar refractivity (Wildman–Crippen MR) is 53.9 cm³/mol. The number of carbonyl (C=O) groups excluding carboxylic acids is 1. The topological polar surface area (TPSA) is 38.3 Å². The second-order valence-corrected chi connectivity index (χ2v) is 5.05. The van der Waals surface area contributed by atoms with Crippen molar-refractivity contribution in [3.63, 3.8) is 0 Å². The molecule has 0 aromatic carbocycles. The molecule has 1 saturated heterocycles. The van der Waals surface area contributed by atoms with E-state index in [1.165, 1.54) is 25.7 Å². The molecule has 14 heavy (non-hydrogen) atoms. The first-order chi connectivity index (χ1) is 6.59. The van der Waals surface area contributed by atoms with E-state index < -0.39 is 0 Å². The first-order valence-electron chi connectivity index (χ1n) is 5.52. The number of hydrogen-bond donors (Lipinski definition) is 1. The minimum Gasteiger partial charge on any atom is -0.366 e. The highest BCUT2D eigenvalue weighted by molar-refractivity contribution is 5.78. The van der Waals surface area contributed by atoms with E-state index in [1.54, 1.807) is 0 Å². The van der Waals surface area contributed by atoms with Gasteiger partial charge in [0.1, 0.15) is 6.61 Å². The maximum atomic E-state index is 11.2. The fourth-order valence-corrected chi connectivity index (χ4v) is 2.83. The summed E-state index contributed by atoms with van der Waals surface area (Å²) in [5.74, 6) is 0.662. The molecule has 2 rings (SSSR count). The Morgan fingerprint density at radius 1 is 1.36 bits per heavy atom. The lowest BCUT2D eigenvalue weighted by molar-refractivity contribution is -0.146. The number of nitrogens with one attached hydrogen (secondary N) is 1. The third-order valence-corrected chi connectivity index (χ3v) is 3.39. The smallest absolute Gasteiger partial charge is 0.246 e. The Morgan fingerprint density at radius 3 is 2.57 bits per heavy atom. The van der Waals surface area contributed by atoms with E-state index in [2.05, 4.69) is 19.2 Å². The molecule has 1 heterocycles. The Hall–Kier alpha value is -0.570. The van der Waals surface area contributed by atoms with E-state index in [0.717, 1.165) is 0 Å². The van der Waals surface area contributed by atoms with E-state index in [1.807, 2.05) is 0 Å². The highest BCUT2D eigenvalue weighted by Crippen LogP contribution is 2.35. The van der Waals surface area contributed by atoms with Gasteiger partial charge < -0.3 is 10.1 Å². The standard InChI is InChI=1S/C11H19NO2/c1-11(2)10(8-5-3-4-6-8)14-7-9(13)12-11/h8,10H,3-7H2,1-2H3,(H,12,13)/t10-/m1/s1. The molecule has 1 saturated carbocycles. The quantitative estimate of drug-likeness (QED) is 0.691. The van der Waals surface area contributed by atoms with Gasteiger partial charge in [0.25, 0.3) is 0 Å². The molecule has 1 atom stereocenters. The first-order valence-corrected chi connectivity index (χ1v) is 5.52. The maximum Gasteiger partial charge on any atom is 0.246 e. The van der Waals surface area contributed by atoms with Crippen LogP contribution in [0.15, 0.2) is 0 Å². The van der Waals surface area contributed by atoms with Crippen LogP contribution in [0.3, 0.4) is 0 Å². The molecule has 1 aliphatic heterocycles. The second kappa shape index (κ2) is 3.54. The summed E-state index contributed by atoms with van der Waals surface area (Å²) in [5.41, 5.74) is -0.190. The van der Waals surface area contributed by atoms with Crippen molar-refractivity contribution in [3.8, 4) is 0 Å². The molecule has 2 aliphatic rings. The van der Waals surface area contributed by atoms with Crippen molar-refractivity contribution >= 4 is 5.91 Å². The van der Waals surface area contributed by atoms with E-state index in [0.29, 0.717) is 5.92 Å². The predicted octanol–water partition coefficient (Wildman–Crippen LogP) is 1.47. The van der Waals surface area contributed by atoms with Gasteiger partial charge in [-0.15, -0.1) is 0 Å². The van der Waals surface area contributed by atoms with E-state index in [-0.39, 0.29) is 24.2 Å². The molecule has 0 radical (unpaired) electrons. The molecular weight excluding hydrogens is 178 g/mol. The highest BCUT2D eigenvalue weighted by Gasteiger charge is 2.41. The summed E-state index contributed by atoms with van der Waals surface area (Å²) in [4.78, 5) is 11.2. The van der Waals surface area contributed by atoms with Crippen LogP contribution in [0.1, 0.15) is 39.5 Å². The van der Waals surface area contributed by atoms with Crippen LogP contribution in [0.4, 0.5) is 0 Å². The van der Waals surface area contributed by atoms with Crippen molar-refractivity contribution in [1.82, 2.24) is 5.32 Å². The molecule has 3 nitrogen and oxygen atoms in total. The Kier molecular flexibility index (Phi) is 2.52. The first kappa shape index (κ1) is 9.97. The lowest BCUT2D eigenvalue weighted by Crippen LogP contribution is -2.60. The van der Waals surface area contributed by atoms with Crippen molar-refractivity contribution in [1.29, 1.82) is 0 Å². The van der Waals surface area contributed by atoms with Crippen molar-refractivity contribution in [3.05, 3.63) is 0 Å². The zero-order valence-corrected chi connectivity index (χ0v) is 9.01. The largest absolute Gasteiger partial charge is 0.366 e. The monoisotopic (exact) mass is 197 g/mol. The molecule has 1 amide bonds. The van der Waals surface area contributed by atoms with Crippen molar-refractivity contribution in [2.75, 3.05) is 6.61 Å². The Balaban J connectivity index is 2.06. The fraction of sp³-hybridized carbons (Fsp3) is 0.909. The van der Waals surface area contributed by atoms with Gasteiger partial charge in [-0.2, -0.15) is 0 Å². The molecule has 0 unspecified atom stereocenters. The van der Waals surface area contributed by atoms with Crippen molar-refractivity contribution in [2.45, 2.75) is 51.2 Å². The minimum atomic E-state index is -0.190. The minimum absolute atomic E-state index is 0.0178. The summed E-state index contributed by atoms with van der Waals surface area (Å²) >= 11 is 0. The van der Waals surface area contributed by atoms with Gasteiger partial charge in [0.15, 0.2) is 0 Å². The van der Waals surface area contributed by atoms with Gasteiger partial charge in [0.05, 0.1) is 11.6 Å². The van der Waals surface area contributed by atoms with Gasteiger partial charge in [0.2, 0.25) is 5.91 Å². The van der Waals surface area contributed by atoms with Gasteiger partial charge in [-0.25, -0.2) is 0 Å². The third kappa shape index (κ3) is 1.78. The summed E-state index contributed by atoms with van der Waals surface area (Å²) < 4.78 is 5.68. The zero-order chi connectivity index (χ0) is 10.2. The van der Waals surface area contributed by atoms with E-state index in [4.69, 9.17) is 4.74 Å². The SMILES string of the molecule is CC1(C)NC(=O)CO[C@@H]1C1CCCC1. The van der Waals surface area contributed by atoms with Crippen molar-refractivity contribution < 1.29 is 9.53 Å². The molecular formula is C11H19NO2. The number of amides is 1. The Labute approximate surface area is 85.2 Å². The fourth-order valence-electron chi connectivity index (χ4n) is 2.83. The highest BCUT2D eigenvalue weighted by atomic mass is 16.5. The molecule has 0 bridgehead atoms. The Bertz CT molecular complexity index is 231. The van der Waals surface area contributed by atoms with Crippen LogP contribution in [0.25, 0.3) is 0 Å².